The number of hydrogen-bond acceptors (Lipinski definition) is 3. The Bertz CT molecular complexity index is 821. The summed E-state index contributed by atoms with van der Waals surface area (Å²) in [6, 6.07) is 10.8. The minimum atomic E-state index is -3.49. The fourth-order valence-electron chi connectivity index (χ4n) is 2.34. The van der Waals surface area contributed by atoms with Gasteiger partial charge in [0, 0.05) is 0 Å². The molecule has 0 saturated heterocycles. The normalized spacial score (nSPS) is 15.4. The molecular formula is C16H13FO3S. The molecule has 2 aromatic rings. The number of fused-ring (bicyclic) bond motifs is 1. The van der Waals surface area contributed by atoms with Crippen molar-refractivity contribution in [2.75, 3.05) is 6.61 Å². The quantitative estimate of drug-likeness (QED) is 0.873. The molecule has 0 unspecified atom stereocenters. The van der Waals surface area contributed by atoms with Crippen molar-refractivity contribution in [1.82, 2.24) is 0 Å². The van der Waals surface area contributed by atoms with Gasteiger partial charge < -0.3 is 4.74 Å². The third-order valence-corrected chi connectivity index (χ3v) is 5.39. The molecule has 3 nitrogen and oxygen atoms in total. The van der Waals surface area contributed by atoms with Crippen molar-refractivity contribution in [3.63, 3.8) is 0 Å². The number of halogens is 1. The highest BCUT2D eigenvalue weighted by atomic mass is 32.2. The van der Waals surface area contributed by atoms with Crippen LogP contribution in [-0.2, 0) is 9.84 Å². The molecule has 1 aliphatic heterocycles. The summed E-state index contributed by atoms with van der Waals surface area (Å²) in [7, 11) is -3.49. The molecule has 108 valence electrons. The van der Waals surface area contributed by atoms with Gasteiger partial charge in [-0.1, -0.05) is 18.2 Å². The largest absolute Gasteiger partial charge is 0.488 e. The van der Waals surface area contributed by atoms with Crippen molar-refractivity contribution in [3.05, 3.63) is 64.3 Å². The Kier molecular flexibility index (Phi) is 3.29. The lowest BCUT2D eigenvalue weighted by Crippen LogP contribution is -2.09. The van der Waals surface area contributed by atoms with E-state index in [0.717, 1.165) is 5.56 Å². The summed E-state index contributed by atoms with van der Waals surface area (Å²) < 4.78 is 43.2. The Labute approximate surface area is 122 Å². The van der Waals surface area contributed by atoms with Gasteiger partial charge in [0.15, 0.2) is 0 Å². The van der Waals surface area contributed by atoms with Crippen LogP contribution in [0.2, 0.25) is 0 Å². The highest BCUT2D eigenvalue weighted by Crippen LogP contribution is 2.35. The Morgan fingerprint density at radius 1 is 1.10 bits per heavy atom. The van der Waals surface area contributed by atoms with Gasteiger partial charge in [0.2, 0.25) is 9.84 Å². The van der Waals surface area contributed by atoms with Gasteiger partial charge in [-0.2, -0.15) is 0 Å². The first kappa shape index (κ1) is 13.8. The fraction of sp³-hybridized carbons (Fsp3) is 0.125. The van der Waals surface area contributed by atoms with Gasteiger partial charge in [0.1, 0.15) is 18.2 Å². The van der Waals surface area contributed by atoms with E-state index in [-0.39, 0.29) is 17.3 Å². The van der Waals surface area contributed by atoms with Crippen LogP contribution in [0.25, 0.3) is 6.08 Å². The van der Waals surface area contributed by atoms with Gasteiger partial charge in [-0.15, -0.1) is 0 Å². The van der Waals surface area contributed by atoms with Crippen molar-refractivity contribution < 1.29 is 17.5 Å². The molecule has 1 heterocycles. The van der Waals surface area contributed by atoms with Crippen molar-refractivity contribution >= 4 is 15.9 Å². The van der Waals surface area contributed by atoms with Gasteiger partial charge >= 0.3 is 0 Å². The number of aryl methyl sites for hydroxylation is 1. The fourth-order valence-corrected chi connectivity index (χ4v) is 4.03. The third kappa shape index (κ3) is 2.45. The van der Waals surface area contributed by atoms with Gasteiger partial charge in [-0.25, -0.2) is 12.8 Å². The van der Waals surface area contributed by atoms with Crippen LogP contribution >= 0.6 is 0 Å². The first-order chi connectivity index (χ1) is 9.98. The molecule has 0 amide bonds. The minimum Gasteiger partial charge on any atom is -0.488 e. The third-order valence-electron chi connectivity index (χ3n) is 3.37. The second-order valence-electron chi connectivity index (χ2n) is 4.85. The van der Waals surface area contributed by atoms with E-state index < -0.39 is 9.84 Å². The van der Waals surface area contributed by atoms with Crippen LogP contribution in [0.15, 0.2) is 52.3 Å². The molecule has 2 aromatic carbocycles. The van der Waals surface area contributed by atoms with E-state index >= 15 is 0 Å². The lowest BCUT2D eigenvalue weighted by Gasteiger charge is -2.08. The molecule has 0 aromatic heterocycles. The molecular weight excluding hydrogens is 291 g/mol. The number of benzene rings is 2. The zero-order valence-electron chi connectivity index (χ0n) is 11.3. The van der Waals surface area contributed by atoms with E-state index in [2.05, 4.69) is 0 Å². The maximum Gasteiger partial charge on any atom is 0.207 e. The number of hydrogen-bond donors (Lipinski definition) is 0. The Balaban J connectivity index is 1.85. The Morgan fingerprint density at radius 3 is 2.48 bits per heavy atom. The van der Waals surface area contributed by atoms with Gasteiger partial charge in [0.25, 0.3) is 0 Å². The maximum atomic E-state index is 12.8. The van der Waals surface area contributed by atoms with E-state index in [1.54, 1.807) is 25.1 Å². The predicted molar refractivity (Wildman–Crippen MR) is 78.2 cm³/mol. The molecule has 21 heavy (non-hydrogen) atoms. The predicted octanol–water partition coefficient (Wildman–Crippen LogP) is 3.34. The zero-order valence-corrected chi connectivity index (χ0v) is 12.2. The van der Waals surface area contributed by atoms with Crippen LogP contribution in [0.4, 0.5) is 4.39 Å². The molecule has 0 bridgehead atoms. The summed E-state index contributed by atoms with van der Waals surface area (Å²) in [4.78, 5) is 0.568. The molecule has 0 fully saturated rings. The number of rotatable bonds is 3. The van der Waals surface area contributed by atoms with Crippen molar-refractivity contribution in [2.24, 2.45) is 0 Å². The van der Waals surface area contributed by atoms with E-state index in [0.29, 0.717) is 16.2 Å². The standard InChI is InChI=1S/C16H13FO3S/c1-11-3-2-4-12-9-15(21(18,19)16(11)12)10-20-14-7-5-13(17)6-8-14/h2-9H,10H2,1H3. The minimum absolute atomic E-state index is 0.0674. The van der Waals surface area contributed by atoms with Crippen LogP contribution in [-0.4, -0.2) is 15.0 Å². The van der Waals surface area contributed by atoms with Crippen molar-refractivity contribution in [2.45, 2.75) is 11.8 Å². The van der Waals surface area contributed by atoms with Crippen molar-refractivity contribution in [1.29, 1.82) is 0 Å². The first-order valence-corrected chi connectivity index (χ1v) is 7.90. The molecule has 0 aliphatic carbocycles. The number of ether oxygens (including phenoxy) is 1. The van der Waals surface area contributed by atoms with Crippen LogP contribution in [0.5, 0.6) is 5.75 Å². The molecule has 0 radical (unpaired) electrons. The molecule has 5 heteroatoms. The van der Waals surface area contributed by atoms with E-state index in [1.165, 1.54) is 24.3 Å². The van der Waals surface area contributed by atoms with Crippen molar-refractivity contribution in [3.8, 4) is 5.75 Å². The topological polar surface area (TPSA) is 43.4 Å². The average Bonchev–Trinajstić information content (AvgIpc) is 2.70. The van der Waals surface area contributed by atoms with Gasteiger partial charge in [-0.05, 0) is 48.4 Å². The summed E-state index contributed by atoms with van der Waals surface area (Å²) in [6.45, 7) is 1.70. The molecule has 1 aliphatic rings. The van der Waals surface area contributed by atoms with Crippen LogP contribution in [0.3, 0.4) is 0 Å². The lowest BCUT2D eigenvalue weighted by molar-refractivity contribution is 0.358. The first-order valence-electron chi connectivity index (χ1n) is 6.42. The molecule has 0 N–H and O–H groups in total. The summed E-state index contributed by atoms with van der Waals surface area (Å²) in [5.74, 6) is 0.0678. The van der Waals surface area contributed by atoms with E-state index in [9.17, 15) is 12.8 Å². The lowest BCUT2D eigenvalue weighted by atomic mass is 10.1. The summed E-state index contributed by atoms with van der Waals surface area (Å²) in [6.07, 6.45) is 1.63. The summed E-state index contributed by atoms with van der Waals surface area (Å²) >= 11 is 0. The van der Waals surface area contributed by atoms with Gasteiger partial charge in [0.05, 0.1) is 9.80 Å². The maximum absolute atomic E-state index is 12.8. The number of sulfone groups is 1. The Hall–Kier alpha value is -2.14. The molecule has 0 atom stereocenters. The summed E-state index contributed by atoms with van der Waals surface area (Å²) in [5, 5.41) is 0. The molecule has 3 rings (SSSR count). The highest BCUT2D eigenvalue weighted by molar-refractivity contribution is 7.96. The molecule has 0 saturated carbocycles. The summed E-state index contributed by atoms with van der Waals surface area (Å²) in [5.41, 5.74) is 1.41. The van der Waals surface area contributed by atoms with E-state index in [1.807, 2.05) is 6.07 Å². The second kappa shape index (κ2) is 5.00. The average molecular weight is 304 g/mol. The smallest absolute Gasteiger partial charge is 0.207 e. The zero-order chi connectivity index (χ0) is 15.0. The van der Waals surface area contributed by atoms with Gasteiger partial charge in [-0.3, -0.25) is 0 Å². The molecule has 0 spiro atoms. The van der Waals surface area contributed by atoms with Crippen LogP contribution in [0.1, 0.15) is 11.1 Å². The second-order valence-corrected chi connectivity index (χ2v) is 6.79. The van der Waals surface area contributed by atoms with E-state index in [4.69, 9.17) is 4.74 Å². The Morgan fingerprint density at radius 2 is 1.81 bits per heavy atom. The highest BCUT2D eigenvalue weighted by Gasteiger charge is 2.31. The SMILES string of the molecule is Cc1cccc2c1S(=O)(=O)C(COc1ccc(F)cc1)=C2. The van der Waals surface area contributed by atoms with Crippen LogP contribution in [0, 0.1) is 12.7 Å². The van der Waals surface area contributed by atoms with Crippen LogP contribution < -0.4 is 4.74 Å². The monoisotopic (exact) mass is 304 g/mol.